The molecule has 1 heterocycles. The largest absolute Gasteiger partial charge is 0.484 e. The minimum Gasteiger partial charge on any atom is -0.484 e. The van der Waals surface area contributed by atoms with Crippen molar-refractivity contribution >= 4 is 28.4 Å². The highest BCUT2D eigenvalue weighted by Gasteiger charge is 2.13. The summed E-state index contributed by atoms with van der Waals surface area (Å²) in [6.07, 6.45) is 0.130. The molecule has 0 saturated heterocycles. The Bertz CT molecular complexity index is 1010. The second kappa shape index (κ2) is 8.12. The van der Waals surface area contributed by atoms with E-state index < -0.39 is 0 Å². The molecular formula is C21H22FN3O3. The molecule has 3 aromatic rings. The van der Waals surface area contributed by atoms with Gasteiger partial charge in [-0.25, -0.2) is 4.39 Å². The summed E-state index contributed by atoms with van der Waals surface area (Å²) in [6.45, 7) is 1.82. The van der Waals surface area contributed by atoms with Gasteiger partial charge in [0.25, 0.3) is 5.91 Å². The van der Waals surface area contributed by atoms with Crippen molar-refractivity contribution in [3.05, 3.63) is 59.5 Å². The van der Waals surface area contributed by atoms with Gasteiger partial charge in [-0.15, -0.1) is 0 Å². The molecular weight excluding hydrogens is 361 g/mol. The van der Waals surface area contributed by atoms with E-state index >= 15 is 0 Å². The van der Waals surface area contributed by atoms with Gasteiger partial charge in [-0.3, -0.25) is 9.59 Å². The van der Waals surface area contributed by atoms with Crippen LogP contribution in [-0.4, -0.2) is 42.4 Å². The number of likely N-dealkylation sites (N-methyl/N-ethyl adjacent to an activating group) is 1. The molecule has 7 heteroatoms. The second-order valence-electron chi connectivity index (χ2n) is 6.74. The first-order valence-electron chi connectivity index (χ1n) is 8.83. The van der Waals surface area contributed by atoms with Crippen LogP contribution in [0.3, 0.4) is 0 Å². The topological polar surface area (TPSA) is 74.4 Å². The highest BCUT2D eigenvalue weighted by Crippen LogP contribution is 2.24. The maximum atomic E-state index is 13.6. The number of aromatic nitrogens is 1. The number of aryl methyl sites for hydroxylation is 1. The monoisotopic (exact) mass is 383 g/mol. The van der Waals surface area contributed by atoms with E-state index in [1.54, 1.807) is 44.4 Å². The fourth-order valence-corrected chi connectivity index (χ4v) is 2.86. The van der Waals surface area contributed by atoms with E-state index in [0.29, 0.717) is 16.8 Å². The van der Waals surface area contributed by atoms with Crippen LogP contribution in [0.2, 0.25) is 0 Å². The molecule has 0 atom stereocenters. The van der Waals surface area contributed by atoms with Crippen LogP contribution in [0.5, 0.6) is 5.75 Å². The summed E-state index contributed by atoms with van der Waals surface area (Å²) >= 11 is 0. The summed E-state index contributed by atoms with van der Waals surface area (Å²) < 4.78 is 19.0. The van der Waals surface area contributed by atoms with Crippen LogP contribution < -0.4 is 10.1 Å². The number of hydrogen-bond donors (Lipinski definition) is 2. The number of benzene rings is 2. The standard InChI is InChI=1S/C21H22FN3O3/c1-13-17(18-10-14(22)4-9-19(18)23-13)11-20(26)24-15-5-7-16(8-6-15)28-12-21(27)25(2)3/h4-10,23H,11-12H2,1-3H3,(H,24,26). The molecule has 2 aromatic carbocycles. The number of hydrogen-bond acceptors (Lipinski definition) is 3. The molecule has 0 spiro atoms. The van der Waals surface area contributed by atoms with E-state index in [4.69, 9.17) is 4.74 Å². The third-order valence-electron chi connectivity index (χ3n) is 4.42. The summed E-state index contributed by atoms with van der Waals surface area (Å²) in [6, 6.07) is 11.3. The van der Waals surface area contributed by atoms with Gasteiger partial charge in [-0.1, -0.05) is 0 Å². The van der Waals surface area contributed by atoms with E-state index in [1.165, 1.54) is 17.0 Å². The zero-order chi connectivity index (χ0) is 20.3. The van der Waals surface area contributed by atoms with Crippen molar-refractivity contribution in [3.63, 3.8) is 0 Å². The molecule has 0 fully saturated rings. The van der Waals surface area contributed by atoms with E-state index in [2.05, 4.69) is 10.3 Å². The molecule has 146 valence electrons. The van der Waals surface area contributed by atoms with Crippen molar-refractivity contribution in [2.75, 3.05) is 26.0 Å². The van der Waals surface area contributed by atoms with E-state index in [9.17, 15) is 14.0 Å². The van der Waals surface area contributed by atoms with Crippen LogP contribution in [0, 0.1) is 12.7 Å². The third kappa shape index (κ3) is 4.49. The van der Waals surface area contributed by atoms with Crippen molar-refractivity contribution in [2.45, 2.75) is 13.3 Å². The average Bonchev–Trinajstić information content (AvgIpc) is 2.95. The Kier molecular flexibility index (Phi) is 5.63. The Hall–Kier alpha value is -3.35. The Morgan fingerprint density at radius 2 is 1.86 bits per heavy atom. The molecule has 2 amide bonds. The lowest BCUT2D eigenvalue weighted by Gasteiger charge is -2.12. The SMILES string of the molecule is Cc1[nH]c2ccc(F)cc2c1CC(=O)Nc1ccc(OCC(=O)N(C)C)cc1. The predicted octanol–water partition coefficient (Wildman–Crippen LogP) is 3.26. The van der Waals surface area contributed by atoms with Gasteiger partial charge in [0.05, 0.1) is 6.42 Å². The first-order chi connectivity index (χ1) is 13.3. The minimum atomic E-state index is -0.337. The number of fused-ring (bicyclic) bond motifs is 1. The van der Waals surface area contributed by atoms with Gasteiger partial charge in [-0.2, -0.15) is 0 Å². The lowest BCUT2D eigenvalue weighted by molar-refractivity contribution is -0.130. The number of H-pyrrole nitrogens is 1. The van der Waals surface area contributed by atoms with Crippen LogP contribution in [-0.2, 0) is 16.0 Å². The molecule has 3 rings (SSSR count). The van der Waals surface area contributed by atoms with Crippen molar-refractivity contribution in [1.82, 2.24) is 9.88 Å². The molecule has 0 aliphatic rings. The molecule has 0 aliphatic heterocycles. The molecule has 28 heavy (non-hydrogen) atoms. The summed E-state index contributed by atoms with van der Waals surface area (Å²) in [5.74, 6) is -0.139. The number of halogens is 1. The first kappa shape index (κ1) is 19.4. The van der Waals surface area contributed by atoms with Gasteiger partial charge in [-0.05, 0) is 55.0 Å². The van der Waals surface area contributed by atoms with Gasteiger partial charge in [0.2, 0.25) is 5.91 Å². The predicted molar refractivity (Wildman–Crippen MR) is 106 cm³/mol. The van der Waals surface area contributed by atoms with Gasteiger partial charge in [0.1, 0.15) is 11.6 Å². The summed E-state index contributed by atoms with van der Waals surface area (Å²) in [5.41, 5.74) is 3.02. The number of amides is 2. The molecule has 0 aliphatic carbocycles. The number of ether oxygens (including phenoxy) is 1. The zero-order valence-electron chi connectivity index (χ0n) is 16.0. The molecule has 0 radical (unpaired) electrons. The van der Waals surface area contributed by atoms with Crippen LogP contribution in [0.4, 0.5) is 10.1 Å². The Morgan fingerprint density at radius 3 is 2.54 bits per heavy atom. The Balaban J connectivity index is 1.63. The fourth-order valence-electron chi connectivity index (χ4n) is 2.86. The zero-order valence-corrected chi connectivity index (χ0v) is 16.0. The molecule has 0 bridgehead atoms. The summed E-state index contributed by atoms with van der Waals surface area (Å²) in [5, 5.41) is 3.53. The smallest absolute Gasteiger partial charge is 0.259 e. The maximum absolute atomic E-state index is 13.6. The van der Waals surface area contributed by atoms with Gasteiger partial charge >= 0.3 is 0 Å². The van der Waals surface area contributed by atoms with Crippen LogP contribution >= 0.6 is 0 Å². The maximum Gasteiger partial charge on any atom is 0.259 e. The van der Waals surface area contributed by atoms with Crippen molar-refractivity contribution in [3.8, 4) is 5.75 Å². The van der Waals surface area contributed by atoms with Crippen LogP contribution in [0.1, 0.15) is 11.3 Å². The molecule has 6 nitrogen and oxygen atoms in total. The summed E-state index contributed by atoms with van der Waals surface area (Å²) in [4.78, 5) is 28.6. The van der Waals surface area contributed by atoms with Crippen molar-refractivity contribution in [2.24, 2.45) is 0 Å². The lowest BCUT2D eigenvalue weighted by atomic mass is 10.1. The average molecular weight is 383 g/mol. The summed E-state index contributed by atoms with van der Waals surface area (Å²) in [7, 11) is 3.32. The van der Waals surface area contributed by atoms with Gasteiger partial charge in [0, 0.05) is 36.4 Å². The second-order valence-corrected chi connectivity index (χ2v) is 6.74. The number of nitrogens with zero attached hydrogens (tertiary/aromatic N) is 1. The third-order valence-corrected chi connectivity index (χ3v) is 4.42. The van der Waals surface area contributed by atoms with E-state index in [-0.39, 0.29) is 30.7 Å². The Morgan fingerprint density at radius 1 is 1.14 bits per heavy atom. The molecule has 0 saturated carbocycles. The van der Waals surface area contributed by atoms with Gasteiger partial charge < -0.3 is 19.9 Å². The number of rotatable bonds is 6. The lowest BCUT2D eigenvalue weighted by Crippen LogP contribution is -2.27. The normalized spacial score (nSPS) is 10.7. The number of carbonyl (C=O) groups excluding carboxylic acids is 2. The first-order valence-corrected chi connectivity index (χ1v) is 8.83. The highest BCUT2D eigenvalue weighted by molar-refractivity contribution is 5.96. The Labute approximate surface area is 162 Å². The van der Waals surface area contributed by atoms with Crippen molar-refractivity contribution < 1.29 is 18.7 Å². The van der Waals surface area contributed by atoms with Crippen LogP contribution in [0.15, 0.2) is 42.5 Å². The van der Waals surface area contributed by atoms with Crippen LogP contribution in [0.25, 0.3) is 10.9 Å². The number of nitrogens with one attached hydrogen (secondary N) is 2. The highest BCUT2D eigenvalue weighted by atomic mass is 19.1. The minimum absolute atomic E-state index is 0.0465. The fraction of sp³-hybridized carbons (Fsp3) is 0.238. The number of anilines is 1. The van der Waals surface area contributed by atoms with E-state index in [0.717, 1.165) is 16.8 Å². The number of carbonyl (C=O) groups is 2. The number of aromatic amines is 1. The molecule has 0 unspecified atom stereocenters. The molecule has 2 N–H and O–H groups in total. The van der Waals surface area contributed by atoms with Gasteiger partial charge in [0.15, 0.2) is 6.61 Å². The quantitative estimate of drug-likeness (QED) is 0.686. The van der Waals surface area contributed by atoms with E-state index in [1.807, 2.05) is 6.92 Å². The van der Waals surface area contributed by atoms with Crippen molar-refractivity contribution in [1.29, 1.82) is 0 Å². The molecule has 1 aromatic heterocycles.